The molecule has 0 atom stereocenters. The summed E-state index contributed by atoms with van der Waals surface area (Å²) in [4.78, 5) is 9.31. The van der Waals surface area contributed by atoms with Gasteiger partial charge in [0.05, 0.1) is 0 Å². The van der Waals surface area contributed by atoms with Gasteiger partial charge in [0.1, 0.15) is 16.0 Å². The van der Waals surface area contributed by atoms with Gasteiger partial charge >= 0.3 is 6.16 Å². The lowest BCUT2D eigenvalue weighted by atomic mass is 11.2. The Bertz CT molecular complexity index is 197. The molecular formula is C2H3FNO4S-. The lowest BCUT2D eigenvalue weighted by Gasteiger charge is -2.03. The lowest BCUT2D eigenvalue weighted by Crippen LogP contribution is -2.25. The van der Waals surface area contributed by atoms with Gasteiger partial charge in [-0.25, -0.2) is 13.2 Å². The van der Waals surface area contributed by atoms with E-state index in [-0.39, 0.29) is 0 Å². The van der Waals surface area contributed by atoms with Gasteiger partial charge in [-0.2, -0.15) is 0 Å². The molecule has 0 saturated heterocycles. The first-order valence-corrected chi connectivity index (χ1v) is 3.36. The van der Waals surface area contributed by atoms with E-state index in [4.69, 9.17) is 0 Å². The number of halogens is 1. The highest BCUT2D eigenvalue weighted by molar-refractivity contribution is 7.85. The largest absolute Gasteiger partial charge is 0.747 e. The molecule has 0 aliphatic carbocycles. The van der Waals surface area contributed by atoms with Crippen LogP contribution in [0.15, 0.2) is 0 Å². The van der Waals surface area contributed by atoms with Crippen molar-refractivity contribution in [3.63, 3.8) is 0 Å². The minimum Gasteiger partial charge on any atom is -0.747 e. The van der Waals surface area contributed by atoms with Crippen molar-refractivity contribution in [3.05, 3.63) is 0 Å². The number of hydrogen-bond donors (Lipinski definition) is 1. The van der Waals surface area contributed by atoms with Gasteiger partial charge in [0, 0.05) is 0 Å². The third-order valence-corrected chi connectivity index (χ3v) is 0.886. The molecule has 1 amide bonds. The number of carbonyl (C=O) groups is 1. The molecule has 0 aromatic carbocycles. The van der Waals surface area contributed by atoms with Crippen molar-refractivity contribution in [1.29, 1.82) is 0 Å². The Kier molecular flexibility index (Phi) is 2.53. The summed E-state index contributed by atoms with van der Waals surface area (Å²) in [5.41, 5.74) is 0. The highest BCUT2D eigenvalue weighted by Gasteiger charge is 1.97. The summed E-state index contributed by atoms with van der Waals surface area (Å²) >= 11 is 0. The molecule has 0 fully saturated rings. The van der Waals surface area contributed by atoms with Crippen molar-refractivity contribution in [2.75, 3.05) is 5.88 Å². The van der Waals surface area contributed by atoms with Crippen LogP contribution < -0.4 is 5.32 Å². The van der Waals surface area contributed by atoms with Crippen LogP contribution >= 0.6 is 0 Å². The van der Waals surface area contributed by atoms with Crippen molar-refractivity contribution in [1.82, 2.24) is 5.32 Å². The summed E-state index contributed by atoms with van der Waals surface area (Å²) in [5.74, 6) is -1.21. The van der Waals surface area contributed by atoms with Crippen LogP contribution in [0, 0.1) is 0 Å². The Balaban J connectivity index is 3.67. The van der Waals surface area contributed by atoms with Crippen LogP contribution in [0.2, 0.25) is 0 Å². The molecule has 54 valence electrons. The van der Waals surface area contributed by atoms with Gasteiger partial charge in [0.15, 0.2) is 0 Å². The standard InChI is InChI=1S/C2H4FNO4S/c3-2(5)4-1-9(6,7)8/h1H2,(H,4,5)(H,6,7,8)/p-1. The molecule has 9 heavy (non-hydrogen) atoms. The van der Waals surface area contributed by atoms with Gasteiger partial charge in [0.2, 0.25) is 0 Å². The van der Waals surface area contributed by atoms with Crippen LogP contribution in [0.3, 0.4) is 0 Å². The average molecular weight is 156 g/mol. The van der Waals surface area contributed by atoms with Gasteiger partial charge in [-0.1, -0.05) is 0 Å². The zero-order valence-electron chi connectivity index (χ0n) is 4.13. The first kappa shape index (κ1) is 8.31. The summed E-state index contributed by atoms with van der Waals surface area (Å²) in [5, 5.41) is 1.18. The van der Waals surface area contributed by atoms with Crippen molar-refractivity contribution in [3.8, 4) is 0 Å². The van der Waals surface area contributed by atoms with E-state index in [9.17, 15) is 22.2 Å². The molecule has 7 heteroatoms. The monoisotopic (exact) mass is 156 g/mol. The maximum atomic E-state index is 11.1. The van der Waals surface area contributed by atoms with Crippen LogP contribution in [0.5, 0.6) is 0 Å². The van der Waals surface area contributed by atoms with Crippen LogP contribution in [-0.2, 0) is 10.1 Å². The highest BCUT2D eigenvalue weighted by atomic mass is 32.2. The van der Waals surface area contributed by atoms with Crippen LogP contribution in [0.4, 0.5) is 9.18 Å². The number of amides is 1. The lowest BCUT2D eigenvalue weighted by molar-refractivity contribution is 0.222. The zero-order chi connectivity index (χ0) is 7.49. The van der Waals surface area contributed by atoms with Gasteiger partial charge in [0.25, 0.3) is 0 Å². The Morgan fingerprint density at radius 2 is 2.11 bits per heavy atom. The van der Waals surface area contributed by atoms with E-state index in [1.54, 1.807) is 0 Å². The molecule has 1 N–H and O–H groups in total. The number of nitrogens with one attached hydrogen (secondary N) is 1. The molecule has 0 aliphatic rings. The predicted octanol–water partition coefficient (Wildman–Crippen LogP) is -0.832. The SMILES string of the molecule is O=C(F)NCS(=O)(=O)[O-]. The molecule has 0 bridgehead atoms. The van der Waals surface area contributed by atoms with E-state index in [1.165, 1.54) is 5.32 Å². The molecule has 0 spiro atoms. The third-order valence-electron chi connectivity index (χ3n) is 0.388. The van der Waals surface area contributed by atoms with E-state index in [0.717, 1.165) is 0 Å². The maximum Gasteiger partial charge on any atom is 0.398 e. The maximum absolute atomic E-state index is 11.1. The molecule has 0 aromatic rings. The summed E-state index contributed by atoms with van der Waals surface area (Å²) in [6.07, 6.45) is -2.03. The first-order valence-electron chi connectivity index (χ1n) is 1.79. The second-order valence-electron chi connectivity index (χ2n) is 1.15. The number of rotatable bonds is 2. The van der Waals surface area contributed by atoms with Crippen LogP contribution in [0.25, 0.3) is 0 Å². The molecule has 0 radical (unpaired) electrons. The normalized spacial score (nSPS) is 10.9. The Labute approximate surface area is 50.6 Å². The Morgan fingerprint density at radius 3 is 2.22 bits per heavy atom. The van der Waals surface area contributed by atoms with E-state index in [0.29, 0.717) is 0 Å². The summed E-state index contributed by atoms with van der Waals surface area (Å²) in [6.45, 7) is 0. The number of carbonyl (C=O) groups excluding carboxylic acids is 1. The van der Waals surface area contributed by atoms with Crippen molar-refractivity contribution >= 4 is 16.3 Å². The molecular weight excluding hydrogens is 153 g/mol. The molecule has 0 rings (SSSR count). The molecule has 0 saturated carbocycles. The smallest absolute Gasteiger partial charge is 0.398 e. The molecule has 5 nitrogen and oxygen atoms in total. The van der Waals surface area contributed by atoms with E-state index in [2.05, 4.69) is 0 Å². The highest BCUT2D eigenvalue weighted by Crippen LogP contribution is 1.77. The van der Waals surface area contributed by atoms with Crippen LogP contribution in [-0.4, -0.2) is 25.0 Å². The first-order chi connectivity index (χ1) is 3.92. The quantitative estimate of drug-likeness (QED) is 0.321. The molecule has 0 heterocycles. The fourth-order valence-electron chi connectivity index (χ4n) is 0.145. The molecule has 0 aliphatic heterocycles. The molecule has 0 unspecified atom stereocenters. The van der Waals surface area contributed by atoms with Crippen molar-refractivity contribution in [2.45, 2.75) is 0 Å². The van der Waals surface area contributed by atoms with E-state index in [1.807, 2.05) is 0 Å². The average Bonchev–Trinajstić information content (AvgIpc) is 1.59. The van der Waals surface area contributed by atoms with Crippen molar-refractivity contribution in [2.24, 2.45) is 0 Å². The van der Waals surface area contributed by atoms with E-state index >= 15 is 0 Å². The predicted molar refractivity (Wildman–Crippen MR) is 24.2 cm³/mol. The summed E-state index contributed by atoms with van der Waals surface area (Å²) < 4.78 is 39.9. The van der Waals surface area contributed by atoms with Gasteiger partial charge in [-0.15, -0.1) is 4.39 Å². The Morgan fingerprint density at radius 1 is 1.67 bits per heavy atom. The summed E-state index contributed by atoms with van der Waals surface area (Å²) in [7, 11) is -4.54. The minimum atomic E-state index is -4.54. The second kappa shape index (κ2) is 2.74. The molecule has 0 aromatic heterocycles. The van der Waals surface area contributed by atoms with Crippen molar-refractivity contribution < 1.29 is 22.2 Å². The summed E-state index contributed by atoms with van der Waals surface area (Å²) in [6, 6.07) is 0. The van der Waals surface area contributed by atoms with Gasteiger partial charge < -0.3 is 9.87 Å². The fourth-order valence-corrected chi connectivity index (χ4v) is 0.435. The fraction of sp³-hybridized carbons (Fsp3) is 0.500. The zero-order valence-corrected chi connectivity index (χ0v) is 4.94. The number of hydrogen-bond acceptors (Lipinski definition) is 4. The minimum absolute atomic E-state index is 1.18. The van der Waals surface area contributed by atoms with Gasteiger partial charge in [-0.05, 0) is 0 Å². The third kappa shape index (κ3) is 7.31. The van der Waals surface area contributed by atoms with Crippen LogP contribution in [0.1, 0.15) is 0 Å². The topological polar surface area (TPSA) is 86.3 Å². The Hall–Kier alpha value is -0.690. The van der Waals surface area contributed by atoms with Gasteiger partial charge in [-0.3, -0.25) is 0 Å². The second-order valence-corrected chi connectivity index (χ2v) is 2.56. The van der Waals surface area contributed by atoms with E-state index < -0.39 is 22.2 Å².